The maximum atomic E-state index is 12.0. The van der Waals surface area contributed by atoms with E-state index in [-0.39, 0.29) is 11.0 Å². The molecule has 2 aromatic rings. The Morgan fingerprint density at radius 2 is 1.95 bits per heavy atom. The van der Waals surface area contributed by atoms with E-state index in [1.165, 1.54) is 0 Å². The van der Waals surface area contributed by atoms with Gasteiger partial charge in [0.2, 0.25) is 5.91 Å². The lowest BCUT2D eigenvalue weighted by Crippen LogP contribution is -2.35. The minimum Gasteiger partial charge on any atom is -0.497 e. The van der Waals surface area contributed by atoms with Gasteiger partial charge in [0.05, 0.1) is 13.5 Å². The number of benzene rings is 2. The number of amides is 1. The molecule has 114 valence electrons. The van der Waals surface area contributed by atoms with Crippen molar-refractivity contribution in [2.45, 2.75) is 13.3 Å². The Bertz CT molecular complexity index is 686. The van der Waals surface area contributed by atoms with Crippen LogP contribution in [0.15, 0.2) is 48.5 Å². The molecule has 2 aromatic carbocycles. The van der Waals surface area contributed by atoms with Crippen molar-refractivity contribution in [1.82, 2.24) is 5.32 Å². The second-order valence-corrected chi connectivity index (χ2v) is 5.25. The second kappa shape index (κ2) is 7.56. The second-order valence-electron chi connectivity index (χ2n) is 4.84. The zero-order chi connectivity index (χ0) is 15.9. The molecule has 4 nitrogen and oxygen atoms in total. The van der Waals surface area contributed by atoms with Crippen molar-refractivity contribution in [3.8, 4) is 5.75 Å². The Kier molecular flexibility index (Phi) is 5.49. The molecule has 0 aromatic heterocycles. The first kappa shape index (κ1) is 16.0. The van der Waals surface area contributed by atoms with Crippen LogP contribution in [0.5, 0.6) is 5.75 Å². The van der Waals surface area contributed by atoms with Gasteiger partial charge >= 0.3 is 0 Å². The quantitative estimate of drug-likeness (QED) is 0.852. The van der Waals surface area contributed by atoms with Gasteiger partial charge in [0, 0.05) is 11.8 Å². The van der Waals surface area contributed by atoms with Crippen molar-refractivity contribution < 1.29 is 9.53 Å². The van der Waals surface area contributed by atoms with Crippen LogP contribution in [0.3, 0.4) is 0 Å². The molecule has 0 radical (unpaired) electrons. The zero-order valence-corrected chi connectivity index (χ0v) is 13.4. The molecule has 5 heteroatoms. The molecule has 0 bridgehead atoms. The third-order valence-corrected chi connectivity index (χ3v) is 3.40. The number of thiocarbonyl (C=S) groups is 1. The fourth-order valence-corrected chi connectivity index (χ4v) is 2.25. The maximum absolute atomic E-state index is 12.0. The van der Waals surface area contributed by atoms with Gasteiger partial charge in [-0.15, -0.1) is 0 Å². The van der Waals surface area contributed by atoms with Gasteiger partial charge in [-0.25, -0.2) is 0 Å². The van der Waals surface area contributed by atoms with Crippen molar-refractivity contribution in [1.29, 1.82) is 0 Å². The molecule has 0 saturated heterocycles. The monoisotopic (exact) mass is 314 g/mol. The summed E-state index contributed by atoms with van der Waals surface area (Å²) in [6.45, 7) is 1.98. The Morgan fingerprint density at radius 3 is 2.68 bits per heavy atom. The first-order chi connectivity index (χ1) is 10.6. The summed E-state index contributed by atoms with van der Waals surface area (Å²) in [6.07, 6.45) is 0.298. The number of aryl methyl sites for hydroxylation is 1. The molecule has 0 aliphatic carbocycles. The topological polar surface area (TPSA) is 50.4 Å². The van der Waals surface area contributed by atoms with Crippen molar-refractivity contribution >= 4 is 28.9 Å². The van der Waals surface area contributed by atoms with Gasteiger partial charge < -0.3 is 15.4 Å². The number of hydrogen-bond donors (Lipinski definition) is 2. The molecule has 0 spiro atoms. The summed E-state index contributed by atoms with van der Waals surface area (Å²) in [7, 11) is 1.60. The van der Waals surface area contributed by atoms with Crippen molar-refractivity contribution in [3.63, 3.8) is 0 Å². The van der Waals surface area contributed by atoms with Gasteiger partial charge in [0.25, 0.3) is 0 Å². The zero-order valence-electron chi connectivity index (χ0n) is 12.6. The minimum absolute atomic E-state index is 0.144. The summed E-state index contributed by atoms with van der Waals surface area (Å²) in [5, 5.41) is 5.92. The van der Waals surface area contributed by atoms with Crippen molar-refractivity contribution in [2.75, 3.05) is 12.4 Å². The molecular weight excluding hydrogens is 296 g/mol. The number of anilines is 1. The molecular formula is C17H18N2O2S. The van der Waals surface area contributed by atoms with Crippen LogP contribution in [-0.4, -0.2) is 18.1 Å². The SMILES string of the molecule is COc1cccc(NC(=S)NC(=O)Cc2ccccc2C)c1. The highest BCUT2D eigenvalue weighted by atomic mass is 32.1. The normalized spacial score (nSPS) is 9.91. The van der Waals surface area contributed by atoms with Crippen LogP contribution in [0.2, 0.25) is 0 Å². The molecule has 0 heterocycles. The average molecular weight is 314 g/mol. The Morgan fingerprint density at radius 1 is 1.18 bits per heavy atom. The molecule has 0 aliphatic rings. The Labute approximate surface area is 135 Å². The summed E-state index contributed by atoms with van der Waals surface area (Å²) >= 11 is 5.16. The largest absolute Gasteiger partial charge is 0.497 e. The van der Waals surface area contributed by atoms with Gasteiger partial charge in [0.1, 0.15) is 5.75 Å². The first-order valence-corrected chi connectivity index (χ1v) is 7.28. The summed E-state index contributed by atoms with van der Waals surface area (Å²) in [4.78, 5) is 12.0. The Hall–Kier alpha value is -2.40. The van der Waals surface area contributed by atoms with E-state index in [4.69, 9.17) is 17.0 Å². The fourth-order valence-electron chi connectivity index (χ4n) is 2.02. The molecule has 0 fully saturated rings. The highest BCUT2D eigenvalue weighted by Crippen LogP contribution is 2.16. The molecule has 0 atom stereocenters. The fraction of sp³-hybridized carbons (Fsp3) is 0.176. The molecule has 1 amide bonds. The van der Waals surface area contributed by atoms with Gasteiger partial charge in [0.15, 0.2) is 5.11 Å². The third-order valence-electron chi connectivity index (χ3n) is 3.19. The molecule has 22 heavy (non-hydrogen) atoms. The summed E-state index contributed by atoms with van der Waals surface area (Å²) in [5.41, 5.74) is 2.84. The van der Waals surface area contributed by atoms with Gasteiger partial charge in [-0.05, 0) is 42.4 Å². The van der Waals surface area contributed by atoms with Crippen LogP contribution in [0.4, 0.5) is 5.69 Å². The first-order valence-electron chi connectivity index (χ1n) is 6.88. The summed E-state index contributed by atoms with van der Waals surface area (Å²) in [5.74, 6) is 0.578. The standard InChI is InChI=1S/C17H18N2O2S/c1-12-6-3-4-7-13(12)10-16(20)19-17(22)18-14-8-5-9-15(11-14)21-2/h3-9,11H,10H2,1-2H3,(H2,18,19,20,22). The predicted octanol–water partition coefficient (Wildman–Crippen LogP) is 3.06. The van der Waals surface area contributed by atoms with Crippen LogP contribution in [0.25, 0.3) is 0 Å². The number of rotatable bonds is 4. The smallest absolute Gasteiger partial charge is 0.230 e. The number of hydrogen-bond acceptors (Lipinski definition) is 3. The number of carbonyl (C=O) groups is 1. The molecule has 0 unspecified atom stereocenters. The lowest BCUT2D eigenvalue weighted by molar-refractivity contribution is -0.119. The van der Waals surface area contributed by atoms with Crippen LogP contribution >= 0.6 is 12.2 Å². The van der Waals surface area contributed by atoms with Crippen LogP contribution in [0, 0.1) is 6.92 Å². The summed E-state index contributed by atoms with van der Waals surface area (Å²) in [6, 6.07) is 15.1. The number of methoxy groups -OCH3 is 1. The van der Waals surface area contributed by atoms with Crippen LogP contribution < -0.4 is 15.4 Å². The number of carbonyl (C=O) groups excluding carboxylic acids is 1. The van der Waals surface area contributed by atoms with Crippen molar-refractivity contribution in [3.05, 3.63) is 59.7 Å². The highest BCUT2D eigenvalue weighted by molar-refractivity contribution is 7.80. The summed E-state index contributed by atoms with van der Waals surface area (Å²) < 4.78 is 5.14. The van der Waals surface area contributed by atoms with Crippen LogP contribution in [-0.2, 0) is 11.2 Å². The van der Waals surface area contributed by atoms with E-state index in [1.54, 1.807) is 13.2 Å². The number of nitrogens with one attached hydrogen (secondary N) is 2. The molecule has 2 N–H and O–H groups in total. The number of ether oxygens (including phenoxy) is 1. The maximum Gasteiger partial charge on any atom is 0.230 e. The average Bonchev–Trinajstić information content (AvgIpc) is 2.49. The highest BCUT2D eigenvalue weighted by Gasteiger charge is 2.08. The van der Waals surface area contributed by atoms with Crippen molar-refractivity contribution in [2.24, 2.45) is 0 Å². The molecule has 2 rings (SSSR count). The molecule has 0 aliphatic heterocycles. The van der Waals surface area contributed by atoms with E-state index in [0.717, 1.165) is 22.6 Å². The van der Waals surface area contributed by atoms with Gasteiger partial charge in [-0.3, -0.25) is 4.79 Å². The third kappa shape index (κ3) is 4.56. The predicted molar refractivity (Wildman–Crippen MR) is 92.2 cm³/mol. The van der Waals surface area contributed by atoms with E-state index in [1.807, 2.05) is 49.4 Å². The van der Waals surface area contributed by atoms with Gasteiger partial charge in [-0.2, -0.15) is 0 Å². The minimum atomic E-state index is -0.144. The van der Waals surface area contributed by atoms with E-state index in [0.29, 0.717) is 6.42 Å². The van der Waals surface area contributed by atoms with Crippen LogP contribution in [0.1, 0.15) is 11.1 Å². The lowest BCUT2D eigenvalue weighted by Gasteiger charge is -2.11. The van der Waals surface area contributed by atoms with E-state index in [2.05, 4.69) is 10.6 Å². The van der Waals surface area contributed by atoms with E-state index < -0.39 is 0 Å². The van der Waals surface area contributed by atoms with E-state index >= 15 is 0 Å². The van der Waals surface area contributed by atoms with Gasteiger partial charge in [-0.1, -0.05) is 30.3 Å². The lowest BCUT2D eigenvalue weighted by atomic mass is 10.1. The molecule has 0 saturated carbocycles. The Balaban J connectivity index is 1.91. The van der Waals surface area contributed by atoms with E-state index in [9.17, 15) is 4.79 Å².